The van der Waals surface area contributed by atoms with E-state index >= 15 is 0 Å². The van der Waals surface area contributed by atoms with Crippen molar-refractivity contribution in [2.24, 2.45) is 5.41 Å². The molecular formula is C27H32N4O2. The number of H-pyrrole nitrogens is 1. The van der Waals surface area contributed by atoms with Crippen LogP contribution in [0.4, 0.5) is 0 Å². The number of hydrogen-bond donors (Lipinski definition) is 2. The second-order valence-corrected chi connectivity index (χ2v) is 9.18. The molecule has 0 radical (unpaired) electrons. The van der Waals surface area contributed by atoms with Crippen LogP contribution in [0.5, 0.6) is 0 Å². The maximum absolute atomic E-state index is 13.3. The van der Waals surface area contributed by atoms with Crippen molar-refractivity contribution in [3.05, 3.63) is 77.6 Å². The highest BCUT2D eigenvalue weighted by Gasteiger charge is 2.46. The van der Waals surface area contributed by atoms with E-state index in [1.165, 1.54) is 0 Å². The van der Waals surface area contributed by atoms with E-state index in [0.717, 1.165) is 22.4 Å². The zero-order chi connectivity index (χ0) is 23.4. The molecule has 0 unspecified atom stereocenters. The van der Waals surface area contributed by atoms with Crippen LogP contribution in [-0.2, 0) is 11.2 Å². The molecule has 0 aliphatic carbocycles. The summed E-state index contributed by atoms with van der Waals surface area (Å²) in [5, 5.41) is 10.2. The largest absolute Gasteiger partial charge is 0.356 e. The van der Waals surface area contributed by atoms with Gasteiger partial charge in [0.1, 0.15) is 5.69 Å². The maximum atomic E-state index is 13.3. The van der Waals surface area contributed by atoms with Gasteiger partial charge in [0.15, 0.2) is 0 Å². The number of amides is 2. The van der Waals surface area contributed by atoms with Crippen molar-refractivity contribution in [3.8, 4) is 11.1 Å². The quantitative estimate of drug-likeness (QED) is 0.567. The number of carbonyl (C=O) groups is 2. The summed E-state index contributed by atoms with van der Waals surface area (Å²) in [6, 6.07) is 20.3. The van der Waals surface area contributed by atoms with E-state index in [-0.39, 0.29) is 17.7 Å². The molecule has 6 heteroatoms. The Morgan fingerprint density at radius 1 is 1.12 bits per heavy atom. The molecular weight excluding hydrogens is 412 g/mol. The fourth-order valence-electron chi connectivity index (χ4n) is 4.65. The highest BCUT2D eigenvalue weighted by molar-refractivity contribution is 5.94. The van der Waals surface area contributed by atoms with E-state index in [0.29, 0.717) is 38.2 Å². The molecule has 3 aromatic rings. The Morgan fingerprint density at radius 2 is 1.85 bits per heavy atom. The Hall–Kier alpha value is -3.41. The lowest BCUT2D eigenvalue weighted by Crippen LogP contribution is -2.45. The summed E-state index contributed by atoms with van der Waals surface area (Å²) in [6.45, 7) is 7.52. The molecule has 6 nitrogen and oxygen atoms in total. The Morgan fingerprint density at radius 3 is 2.55 bits per heavy atom. The summed E-state index contributed by atoms with van der Waals surface area (Å²) in [5.41, 5.74) is 4.04. The predicted octanol–water partition coefficient (Wildman–Crippen LogP) is 4.41. The van der Waals surface area contributed by atoms with Gasteiger partial charge in [-0.05, 0) is 48.4 Å². The molecule has 2 N–H and O–H groups in total. The summed E-state index contributed by atoms with van der Waals surface area (Å²) in [6.07, 6.45) is 1.20. The van der Waals surface area contributed by atoms with Gasteiger partial charge >= 0.3 is 0 Å². The molecule has 1 aromatic heterocycles. The highest BCUT2D eigenvalue weighted by atomic mass is 16.2. The van der Waals surface area contributed by atoms with E-state index in [1.54, 1.807) is 4.90 Å². The number of likely N-dealkylation sites (tertiary alicyclic amines) is 1. The lowest BCUT2D eigenvalue weighted by molar-refractivity contribution is -0.130. The van der Waals surface area contributed by atoms with Gasteiger partial charge in [0.25, 0.3) is 5.91 Å². The molecule has 2 heterocycles. The summed E-state index contributed by atoms with van der Waals surface area (Å²) in [5.74, 6) is 0.148. The van der Waals surface area contributed by atoms with Crippen LogP contribution >= 0.6 is 0 Å². The Bertz CT molecular complexity index is 1120. The molecule has 0 bridgehead atoms. The minimum atomic E-state index is -0.673. The van der Waals surface area contributed by atoms with Crippen molar-refractivity contribution < 1.29 is 9.59 Å². The van der Waals surface area contributed by atoms with Crippen molar-refractivity contribution in [2.75, 3.05) is 19.6 Å². The van der Waals surface area contributed by atoms with Crippen LogP contribution in [-0.4, -0.2) is 46.5 Å². The first-order chi connectivity index (χ1) is 15.9. The third-order valence-corrected chi connectivity index (χ3v) is 6.53. The third kappa shape index (κ3) is 4.70. The van der Waals surface area contributed by atoms with Gasteiger partial charge in [-0.3, -0.25) is 14.7 Å². The smallest absolute Gasteiger partial charge is 0.274 e. The molecule has 172 valence electrons. The standard InChI is InChI=1S/C27H32N4O2/c1-4-28-26(33)27(17-21-12-8-9-13-22(21)20-10-6-5-7-11-20)14-15-31(18-27)25(32)24-16-23(19(2)3)29-30-24/h5-13,16,19H,4,14-15,17-18H2,1-3H3,(H,28,33)(H,29,30)/t27-/m1/s1. The monoisotopic (exact) mass is 444 g/mol. The molecule has 1 aliphatic heterocycles. The van der Waals surface area contributed by atoms with Crippen LogP contribution in [0.1, 0.15) is 54.9 Å². The minimum Gasteiger partial charge on any atom is -0.356 e. The summed E-state index contributed by atoms with van der Waals surface area (Å²) in [7, 11) is 0. The number of aromatic amines is 1. The molecule has 0 spiro atoms. The van der Waals surface area contributed by atoms with Gasteiger partial charge in [0.2, 0.25) is 5.91 Å². The van der Waals surface area contributed by atoms with Crippen LogP contribution in [0.15, 0.2) is 60.7 Å². The van der Waals surface area contributed by atoms with Crippen LogP contribution in [0, 0.1) is 5.41 Å². The Kier molecular flexibility index (Phi) is 6.63. The summed E-state index contributed by atoms with van der Waals surface area (Å²) in [4.78, 5) is 28.3. The third-order valence-electron chi connectivity index (χ3n) is 6.53. The van der Waals surface area contributed by atoms with E-state index in [2.05, 4.69) is 53.6 Å². The zero-order valence-corrected chi connectivity index (χ0v) is 19.6. The van der Waals surface area contributed by atoms with Crippen molar-refractivity contribution >= 4 is 11.8 Å². The highest BCUT2D eigenvalue weighted by Crippen LogP contribution is 2.38. The van der Waals surface area contributed by atoms with Gasteiger partial charge in [0, 0.05) is 25.3 Å². The Labute approximate surface area is 195 Å². The summed E-state index contributed by atoms with van der Waals surface area (Å²) < 4.78 is 0. The number of benzene rings is 2. The topological polar surface area (TPSA) is 78.1 Å². The molecule has 1 aliphatic rings. The average Bonchev–Trinajstić information content (AvgIpc) is 3.49. The van der Waals surface area contributed by atoms with E-state index < -0.39 is 5.41 Å². The lowest BCUT2D eigenvalue weighted by atomic mass is 9.78. The average molecular weight is 445 g/mol. The fraction of sp³-hybridized carbons (Fsp3) is 0.370. The molecule has 4 rings (SSSR count). The van der Waals surface area contributed by atoms with E-state index in [9.17, 15) is 9.59 Å². The molecule has 1 saturated heterocycles. The zero-order valence-electron chi connectivity index (χ0n) is 19.6. The van der Waals surface area contributed by atoms with Gasteiger partial charge in [-0.1, -0.05) is 68.4 Å². The number of hydrogen-bond acceptors (Lipinski definition) is 3. The van der Waals surface area contributed by atoms with Crippen LogP contribution in [0.3, 0.4) is 0 Å². The lowest BCUT2D eigenvalue weighted by Gasteiger charge is -2.29. The number of carbonyl (C=O) groups excluding carboxylic acids is 2. The fourth-order valence-corrected chi connectivity index (χ4v) is 4.65. The van der Waals surface area contributed by atoms with Crippen LogP contribution in [0.25, 0.3) is 11.1 Å². The first kappa shape index (κ1) is 22.8. The SMILES string of the molecule is CCNC(=O)[C@@]1(Cc2ccccc2-c2ccccc2)CCN(C(=O)c2cc(C(C)C)[nH]n2)C1. The second-order valence-electron chi connectivity index (χ2n) is 9.18. The molecule has 2 aromatic carbocycles. The number of aromatic nitrogens is 2. The van der Waals surface area contributed by atoms with E-state index in [4.69, 9.17) is 0 Å². The number of rotatable bonds is 7. The van der Waals surface area contributed by atoms with Crippen LogP contribution < -0.4 is 5.32 Å². The van der Waals surface area contributed by atoms with Crippen molar-refractivity contribution in [2.45, 2.75) is 39.5 Å². The molecule has 1 atom stereocenters. The first-order valence-electron chi connectivity index (χ1n) is 11.7. The normalized spacial score (nSPS) is 18.0. The van der Waals surface area contributed by atoms with Gasteiger partial charge in [0.05, 0.1) is 5.41 Å². The van der Waals surface area contributed by atoms with Gasteiger partial charge in [-0.2, -0.15) is 5.10 Å². The molecule has 0 saturated carbocycles. The minimum absolute atomic E-state index is 0.00746. The van der Waals surface area contributed by atoms with Crippen molar-refractivity contribution in [1.82, 2.24) is 20.4 Å². The Balaban J connectivity index is 1.62. The summed E-state index contributed by atoms with van der Waals surface area (Å²) >= 11 is 0. The maximum Gasteiger partial charge on any atom is 0.274 e. The predicted molar refractivity (Wildman–Crippen MR) is 130 cm³/mol. The van der Waals surface area contributed by atoms with Gasteiger partial charge in [-0.25, -0.2) is 0 Å². The van der Waals surface area contributed by atoms with Gasteiger partial charge in [-0.15, -0.1) is 0 Å². The molecule has 2 amide bonds. The number of nitrogens with zero attached hydrogens (tertiary/aromatic N) is 2. The second kappa shape index (κ2) is 9.61. The van der Waals surface area contributed by atoms with Crippen LogP contribution in [0.2, 0.25) is 0 Å². The van der Waals surface area contributed by atoms with Crippen molar-refractivity contribution in [1.29, 1.82) is 0 Å². The first-order valence-corrected chi connectivity index (χ1v) is 11.7. The number of nitrogens with one attached hydrogen (secondary N) is 2. The molecule has 33 heavy (non-hydrogen) atoms. The van der Waals surface area contributed by atoms with Gasteiger partial charge < -0.3 is 10.2 Å². The molecule has 1 fully saturated rings. The van der Waals surface area contributed by atoms with E-state index in [1.807, 2.05) is 43.3 Å². The van der Waals surface area contributed by atoms with Crippen molar-refractivity contribution in [3.63, 3.8) is 0 Å².